The van der Waals surface area contributed by atoms with Crippen LogP contribution in [0.2, 0.25) is 0 Å². The summed E-state index contributed by atoms with van der Waals surface area (Å²) in [7, 11) is 0. The minimum Gasteiger partial charge on any atom is -0.491 e. The molecule has 1 heterocycles. The van der Waals surface area contributed by atoms with Crippen LogP contribution in [0.25, 0.3) is 11.4 Å². The van der Waals surface area contributed by atoms with Crippen molar-refractivity contribution in [3.05, 3.63) is 58.6 Å². The summed E-state index contributed by atoms with van der Waals surface area (Å²) in [5.41, 5.74) is 1.98. The van der Waals surface area contributed by atoms with Crippen molar-refractivity contribution in [2.75, 3.05) is 6.61 Å². The summed E-state index contributed by atoms with van der Waals surface area (Å²) < 4.78 is 6.57. The number of hydrogen-bond acceptors (Lipinski definition) is 5. The van der Waals surface area contributed by atoms with Crippen LogP contribution < -0.4 is 4.74 Å². The summed E-state index contributed by atoms with van der Waals surface area (Å²) in [5, 5.41) is 22.4. The van der Waals surface area contributed by atoms with Gasteiger partial charge in [0.1, 0.15) is 18.5 Å². The highest BCUT2D eigenvalue weighted by Gasteiger charge is 2.11. The van der Waals surface area contributed by atoms with Crippen molar-refractivity contribution in [2.24, 2.45) is 0 Å². The molecule has 0 aliphatic rings. The smallest absolute Gasteiger partial charge is 0.204 e. The molecule has 124 valence electrons. The molecule has 0 fully saturated rings. The summed E-state index contributed by atoms with van der Waals surface area (Å²) >= 11 is 3.39. The number of aliphatic hydroxyl groups is 1. The van der Waals surface area contributed by atoms with Crippen LogP contribution in [0.5, 0.6) is 5.75 Å². The lowest BCUT2D eigenvalue weighted by Gasteiger charge is -2.11. The van der Waals surface area contributed by atoms with Gasteiger partial charge in [-0.1, -0.05) is 28.1 Å². The average molecular weight is 389 g/mol. The second-order valence-electron chi connectivity index (χ2n) is 5.46. The monoisotopic (exact) mass is 388 g/mol. The van der Waals surface area contributed by atoms with E-state index in [-0.39, 0.29) is 13.2 Å². The molecular formula is C17H17BrN4O2. The normalized spacial score (nSPS) is 12.1. The number of aliphatic hydroxyl groups excluding tert-OH is 1. The number of aryl methyl sites for hydroxylation is 1. The molecule has 0 radical (unpaired) electrons. The van der Waals surface area contributed by atoms with Gasteiger partial charge < -0.3 is 9.84 Å². The Morgan fingerprint density at radius 2 is 2.00 bits per heavy atom. The average Bonchev–Trinajstić information content (AvgIpc) is 3.02. The summed E-state index contributed by atoms with van der Waals surface area (Å²) in [6, 6.07) is 15.3. The fourth-order valence-electron chi connectivity index (χ4n) is 2.17. The molecule has 3 rings (SSSR count). The zero-order valence-corrected chi connectivity index (χ0v) is 14.7. The number of aromatic nitrogens is 4. The third-order valence-corrected chi connectivity index (χ3v) is 3.89. The molecule has 3 aromatic rings. The van der Waals surface area contributed by atoms with Crippen molar-refractivity contribution in [1.29, 1.82) is 0 Å². The van der Waals surface area contributed by atoms with Crippen LogP contribution in [-0.4, -0.2) is 38.0 Å². The molecule has 0 amide bonds. The molecular weight excluding hydrogens is 372 g/mol. The van der Waals surface area contributed by atoms with E-state index in [9.17, 15) is 5.11 Å². The molecule has 0 bridgehead atoms. The Morgan fingerprint density at radius 1 is 1.21 bits per heavy atom. The molecule has 6 nitrogen and oxygen atoms in total. The molecule has 0 spiro atoms. The first-order valence-corrected chi connectivity index (χ1v) is 8.31. The number of nitrogens with zero attached hydrogens (tertiary/aromatic N) is 4. The number of halogens is 1. The summed E-state index contributed by atoms with van der Waals surface area (Å²) in [4.78, 5) is 1.38. The number of rotatable bonds is 6. The van der Waals surface area contributed by atoms with Crippen LogP contribution >= 0.6 is 15.9 Å². The SMILES string of the molecule is Cc1cccc(OCC(O)Cn2nnc(-c3ccc(Br)cc3)n2)c1. The highest BCUT2D eigenvalue weighted by Crippen LogP contribution is 2.17. The summed E-state index contributed by atoms with van der Waals surface area (Å²) in [5.74, 6) is 1.26. The Bertz CT molecular complexity index is 804. The summed E-state index contributed by atoms with van der Waals surface area (Å²) in [6.07, 6.45) is -0.725. The van der Waals surface area contributed by atoms with Gasteiger partial charge in [0, 0.05) is 10.0 Å². The lowest BCUT2D eigenvalue weighted by Crippen LogP contribution is -2.25. The minimum absolute atomic E-state index is 0.165. The summed E-state index contributed by atoms with van der Waals surface area (Å²) in [6.45, 7) is 2.38. The van der Waals surface area contributed by atoms with Crippen molar-refractivity contribution in [3.63, 3.8) is 0 Å². The van der Waals surface area contributed by atoms with Gasteiger partial charge in [0.15, 0.2) is 0 Å². The number of hydrogen-bond donors (Lipinski definition) is 1. The third kappa shape index (κ3) is 4.39. The van der Waals surface area contributed by atoms with Crippen molar-refractivity contribution in [2.45, 2.75) is 19.6 Å². The van der Waals surface area contributed by atoms with E-state index in [1.165, 1.54) is 4.80 Å². The molecule has 0 aliphatic carbocycles. The second-order valence-corrected chi connectivity index (χ2v) is 6.37. The Kier molecular flexibility index (Phi) is 5.22. The third-order valence-electron chi connectivity index (χ3n) is 3.36. The van der Waals surface area contributed by atoms with E-state index in [0.29, 0.717) is 5.82 Å². The maximum atomic E-state index is 10.1. The molecule has 1 aromatic heterocycles. The van der Waals surface area contributed by atoms with Gasteiger partial charge in [0.05, 0.1) is 6.54 Å². The van der Waals surface area contributed by atoms with Crippen LogP contribution in [0.3, 0.4) is 0 Å². The Hall–Kier alpha value is -2.25. The highest BCUT2D eigenvalue weighted by atomic mass is 79.9. The maximum Gasteiger partial charge on any atom is 0.204 e. The van der Waals surface area contributed by atoms with E-state index in [2.05, 4.69) is 31.3 Å². The Morgan fingerprint density at radius 3 is 2.75 bits per heavy atom. The fraction of sp³-hybridized carbons (Fsp3) is 0.235. The number of tetrazole rings is 1. The van der Waals surface area contributed by atoms with E-state index >= 15 is 0 Å². The predicted octanol–water partition coefficient (Wildman–Crippen LogP) is 2.85. The minimum atomic E-state index is -0.725. The lowest BCUT2D eigenvalue weighted by atomic mass is 10.2. The zero-order valence-electron chi connectivity index (χ0n) is 13.1. The van der Waals surface area contributed by atoms with Gasteiger partial charge in [0.2, 0.25) is 5.82 Å². The van der Waals surface area contributed by atoms with Gasteiger partial charge in [-0.2, -0.15) is 4.80 Å². The van der Waals surface area contributed by atoms with Crippen molar-refractivity contribution >= 4 is 15.9 Å². The van der Waals surface area contributed by atoms with Crippen LogP contribution in [0.1, 0.15) is 5.56 Å². The van der Waals surface area contributed by atoms with Crippen molar-refractivity contribution < 1.29 is 9.84 Å². The molecule has 24 heavy (non-hydrogen) atoms. The first-order valence-electron chi connectivity index (χ1n) is 7.51. The standard InChI is InChI=1S/C17H17BrN4O2/c1-12-3-2-4-16(9-12)24-11-15(23)10-22-20-17(19-21-22)13-5-7-14(18)8-6-13/h2-9,15,23H,10-11H2,1H3. The largest absolute Gasteiger partial charge is 0.491 e. The topological polar surface area (TPSA) is 73.1 Å². The molecule has 1 N–H and O–H groups in total. The Balaban J connectivity index is 1.57. The van der Waals surface area contributed by atoms with E-state index in [0.717, 1.165) is 21.3 Å². The first kappa shape index (κ1) is 16.6. The van der Waals surface area contributed by atoms with Gasteiger partial charge in [-0.05, 0) is 54.1 Å². The maximum absolute atomic E-state index is 10.1. The molecule has 1 unspecified atom stereocenters. The predicted molar refractivity (Wildman–Crippen MR) is 93.6 cm³/mol. The number of benzene rings is 2. The van der Waals surface area contributed by atoms with Crippen LogP contribution in [0.4, 0.5) is 0 Å². The van der Waals surface area contributed by atoms with Gasteiger partial charge in [0.25, 0.3) is 0 Å². The Labute approximate surface area is 148 Å². The fourth-order valence-corrected chi connectivity index (χ4v) is 2.44. The molecule has 2 aromatic carbocycles. The molecule has 1 atom stereocenters. The molecule has 7 heteroatoms. The van der Waals surface area contributed by atoms with Gasteiger partial charge >= 0.3 is 0 Å². The highest BCUT2D eigenvalue weighted by molar-refractivity contribution is 9.10. The van der Waals surface area contributed by atoms with Crippen molar-refractivity contribution in [3.8, 4) is 17.1 Å². The van der Waals surface area contributed by atoms with E-state index in [4.69, 9.17) is 4.74 Å². The van der Waals surface area contributed by atoms with Gasteiger partial charge in [-0.15, -0.1) is 10.2 Å². The van der Waals surface area contributed by atoms with E-state index in [1.807, 2.05) is 55.5 Å². The van der Waals surface area contributed by atoms with E-state index < -0.39 is 6.10 Å². The molecule has 0 saturated carbocycles. The van der Waals surface area contributed by atoms with Crippen LogP contribution in [0, 0.1) is 6.92 Å². The lowest BCUT2D eigenvalue weighted by molar-refractivity contribution is 0.0849. The van der Waals surface area contributed by atoms with Gasteiger partial charge in [-0.3, -0.25) is 0 Å². The second kappa shape index (κ2) is 7.55. The zero-order chi connectivity index (χ0) is 16.9. The van der Waals surface area contributed by atoms with Crippen LogP contribution in [-0.2, 0) is 6.54 Å². The van der Waals surface area contributed by atoms with Crippen LogP contribution in [0.15, 0.2) is 53.0 Å². The van der Waals surface area contributed by atoms with Gasteiger partial charge in [-0.25, -0.2) is 0 Å². The quantitative estimate of drug-likeness (QED) is 0.702. The molecule has 0 saturated heterocycles. The van der Waals surface area contributed by atoms with Crippen molar-refractivity contribution in [1.82, 2.24) is 20.2 Å². The van der Waals surface area contributed by atoms with E-state index in [1.54, 1.807) is 0 Å². The molecule has 0 aliphatic heterocycles. The first-order chi connectivity index (χ1) is 11.6. The number of ether oxygens (including phenoxy) is 1.